The zero-order valence-corrected chi connectivity index (χ0v) is 13.2. The van der Waals surface area contributed by atoms with Crippen LogP contribution in [0.15, 0.2) is 42.5 Å². The van der Waals surface area contributed by atoms with E-state index in [1.807, 2.05) is 57.2 Å². The van der Waals surface area contributed by atoms with Gasteiger partial charge >= 0.3 is 0 Å². The Morgan fingerprint density at radius 1 is 0.955 bits per heavy atom. The number of rotatable bonds is 3. The van der Waals surface area contributed by atoms with E-state index in [0.29, 0.717) is 19.1 Å². The molecule has 0 spiro atoms. The van der Waals surface area contributed by atoms with E-state index in [-0.39, 0.29) is 12.4 Å². The summed E-state index contributed by atoms with van der Waals surface area (Å²) in [5.74, 6) is 0.492. The number of hydrogen-bond acceptors (Lipinski definition) is 5. The molecule has 0 N–H and O–H groups in total. The SMILES string of the molecule is CC.Cc1ccc(OC2COC(c3ccccc3)OC2)nn1. The number of ether oxygens (including phenoxy) is 3. The largest absolute Gasteiger partial charge is 0.468 e. The Morgan fingerprint density at radius 3 is 2.23 bits per heavy atom. The van der Waals surface area contributed by atoms with Crippen molar-refractivity contribution in [3.05, 3.63) is 53.7 Å². The molecule has 2 heterocycles. The van der Waals surface area contributed by atoms with Crippen molar-refractivity contribution >= 4 is 0 Å². The molecule has 0 saturated carbocycles. The van der Waals surface area contributed by atoms with Crippen LogP contribution < -0.4 is 4.74 Å². The monoisotopic (exact) mass is 302 g/mol. The highest BCUT2D eigenvalue weighted by Gasteiger charge is 2.24. The van der Waals surface area contributed by atoms with Gasteiger partial charge < -0.3 is 14.2 Å². The molecule has 5 nitrogen and oxygen atoms in total. The topological polar surface area (TPSA) is 53.5 Å². The molecule has 1 fully saturated rings. The van der Waals surface area contributed by atoms with E-state index in [4.69, 9.17) is 14.2 Å². The number of nitrogens with zero attached hydrogens (tertiary/aromatic N) is 2. The van der Waals surface area contributed by atoms with Crippen LogP contribution in [-0.2, 0) is 9.47 Å². The molecule has 0 bridgehead atoms. The number of benzene rings is 1. The second-order valence-electron chi connectivity index (χ2n) is 4.66. The van der Waals surface area contributed by atoms with Crippen molar-refractivity contribution in [1.82, 2.24) is 10.2 Å². The van der Waals surface area contributed by atoms with Gasteiger partial charge in [-0.3, -0.25) is 0 Å². The number of hydrogen-bond donors (Lipinski definition) is 0. The van der Waals surface area contributed by atoms with Gasteiger partial charge in [-0.2, -0.15) is 5.10 Å². The Labute approximate surface area is 131 Å². The van der Waals surface area contributed by atoms with Crippen LogP contribution in [0.5, 0.6) is 5.88 Å². The maximum atomic E-state index is 5.68. The summed E-state index contributed by atoms with van der Waals surface area (Å²) in [5, 5.41) is 7.92. The molecule has 0 unspecified atom stereocenters. The second-order valence-corrected chi connectivity index (χ2v) is 4.66. The van der Waals surface area contributed by atoms with Crippen molar-refractivity contribution in [1.29, 1.82) is 0 Å². The minimum atomic E-state index is -0.319. The van der Waals surface area contributed by atoms with Crippen LogP contribution >= 0.6 is 0 Å². The second kappa shape index (κ2) is 8.46. The summed E-state index contributed by atoms with van der Waals surface area (Å²) in [4.78, 5) is 0. The van der Waals surface area contributed by atoms with E-state index in [1.54, 1.807) is 6.07 Å². The highest BCUT2D eigenvalue weighted by molar-refractivity contribution is 5.16. The van der Waals surface area contributed by atoms with Crippen LogP contribution in [0.2, 0.25) is 0 Å². The summed E-state index contributed by atoms with van der Waals surface area (Å²) in [5.41, 5.74) is 1.87. The fraction of sp³-hybridized carbons (Fsp3) is 0.412. The van der Waals surface area contributed by atoms with Gasteiger partial charge in [0.1, 0.15) is 6.10 Å². The van der Waals surface area contributed by atoms with E-state index in [9.17, 15) is 0 Å². The van der Waals surface area contributed by atoms with Gasteiger partial charge in [0.15, 0.2) is 6.29 Å². The van der Waals surface area contributed by atoms with Crippen molar-refractivity contribution < 1.29 is 14.2 Å². The van der Waals surface area contributed by atoms with Gasteiger partial charge in [-0.05, 0) is 13.0 Å². The summed E-state index contributed by atoms with van der Waals surface area (Å²) in [7, 11) is 0. The smallest absolute Gasteiger partial charge is 0.233 e. The Bertz CT molecular complexity index is 538. The molecule has 1 aromatic carbocycles. The maximum absolute atomic E-state index is 5.68. The van der Waals surface area contributed by atoms with E-state index < -0.39 is 0 Å². The first-order valence-electron chi connectivity index (χ1n) is 7.56. The first kappa shape index (κ1) is 16.4. The van der Waals surface area contributed by atoms with E-state index in [1.165, 1.54) is 0 Å². The maximum Gasteiger partial charge on any atom is 0.233 e. The van der Waals surface area contributed by atoms with Gasteiger partial charge in [-0.1, -0.05) is 44.2 Å². The van der Waals surface area contributed by atoms with E-state index in [0.717, 1.165) is 11.3 Å². The lowest BCUT2D eigenvalue weighted by Crippen LogP contribution is -2.35. The molecule has 1 aromatic heterocycles. The fourth-order valence-corrected chi connectivity index (χ4v) is 1.98. The van der Waals surface area contributed by atoms with Gasteiger partial charge in [-0.25, -0.2) is 0 Å². The lowest BCUT2D eigenvalue weighted by atomic mass is 10.2. The molecule has 3 rings (SSSR count). The van der Waals surface area contributed by atoms with Crippen LogP contribution in [0.25, 0.3) is 0 Å². The average Bonchev–Trinajstić information content (AvgIpc) is 2.60. The highest BCUT2D eigenvalue weighted by atomic mass is 16.7. The molecule has 1 saturated heterocycles. The minimum Gasteiger partial charge on any atom is -0.468 e. The number of aryl methyl sites for hydroxylation is 1. The van der Waals surface area contributed by atoms with E-state index in [2.05, 4.69) is 10.2 Å². The summed E-state index contributed by atoms with van der Waals surface area (Å²) in [6.07, 6.45) is -0.480. The Hall–Kier alpha value is -1.98. The standard InChI is InChI=1S/C15H16N2O3.C2H6/c1-11-7-8-14(17-16-11)20-13-9-18-15(19-10-13)12-5-3-2-4-6-12;1-2/h2-8,13,15H,9-10H2,1H3;1-2H3. The molecule has 22 heavy (non-hydrogen) atoms. The van der Waals surface area contributed by atoms with Gasteiger partial charge in [0.2, 0.25) is 5.88 Å². The molecular weight excluding hydrogens is 280 g/mol. The molecule has 5 heteroatoms. The predicted octanol–water partition coefficient (Wildman–Crippen LogP) is 3.30. The molecular formula is C17H22N2O3. The van der Waals surface area contributed by atoms with Crippen molar-refractivity contribution in [3.8, 4) is 5.88 Å². The third-order valence-corrected chi connectivity index (χ3v) is 3.00. The van der Waals surface area contributed by atoms with E-state index >= 15 is 0 Å². The molecule has 0 aliphatic carbocycles. The third-order valence-electron chi connectivity index (χ3n) is 3.00. The van der Waals surface area contributed by atoms with Crippen LogP contribution in [0.3, 0.4) is 0 Å². The zero-order valence-electron chi connectivity index (χ0n) is 13.2. The van der Waals surface area contributed by atoms with Crippen molar-refractivity contribution in [2.24, 2.45) is 0 Å². The lowest BCUT2D eigenvalue weighted by Gasteiger charge is -2.29. The van der Waals surface area contributed by atoms with Crippen LogP contribution in [0.1, 0.15) is 31.4 Å². The molecule has 0 radical (unpaired) electrons. The highest BCUT2D eigenvalue weighted by Crippen LogP contribution is 2.23. The first-order valence-corrected chi connectivity index (χ1v) is 7.56. The summed E-state index contributed by atoms with van der Waals surface area (Å²) < 4.78 is 17.0. The Kier molecular flexibility index (Phi) is 6.30. The molecule has 1 aliphatic heterocycles. The van der Waals surface area contributed by atoms with Gasteiger partial charge in [0, 0.05) is 11.6 Å². The predicted molar refractivity (Wildman–Crippen MR) is 83.6 cm³/mol. The van der Waals surface area contributed by atoms with Gasteiger partial charge in [-0.15, -0.1) is 5.10 Å². The quantitative estimate of drug-likeness (QED) is 0.870. The van der Waals surface area contributed by atoms with Crippen molar-refractivity contribution in [2.75, 3.05) is 13.2 Å². The number of aromatic nitrogens is 2. The van der Waals surface area contributed by atoms with Gasteiger partial charge in [0.05, 0.1) is 18.9 Å². The molecule has 0 atom stereocenters. The summed E-state index contributed by atoms with van der Waals surface area (Å²) in [6.45, 7) is 6.82. The lowest BCUT2D eigenvalue weighted by molar-refractivity contribution is -0.216. The third kappa shape index (κ3) is 4.51. The molecule has 0 amide bonds. The zero-order chi connectivity index (χ0) is 15.8. The normalized spacial score (nSPS) is 20.7. The van der Waals surface area contributed by atoms with Crippen LogP contribution in [0.4, 0.5) is 0 Å². The molecule has 118 valence electrons. The molecule has 1 aliphatic rings. The van der Waals surface area contributed by atoms with Crippen LogP contribution in [0, 0.1) is 6.92 Å². The average molecular weight is 302 g/mol. The minimum absolute atomic E-state index is 0.160. The molecule has 2 aromatic rings. The Morgan fingerprint density at radius 2 is 1.64 bits per heavy atom. The van der Waals surface area contributed by atoms with Crippen molar-refractivity contribution in [2.45, 2.75) is 33.2 Å². The Balaban J connectivity index is 0.000000847. The van der Waals surface area contributed by atoms with Crippen LogP contribution in [-0.4, -0.2) is 29.5 Å². The summed E-state index contributed by atoms with van der Waals surface area (Å²) >= 11 is 0. The van der Waals surface area contributed by atoms with Crippen molar-refractivity contribution in [3.63, 3.8) is 0 Å². The summed E-state index contributed by atoms with van der Waals surface area (Å²) in [6, 6.07) is 13.5. The fourth-order valence-electron chi connectivity index (χ4n) is 1.98. The van der Waals surface area contributed by atoms with Gasteiger partial charge in [0.25, 0.3) is 0 Å². The first-order chi connectivity index (χ1) is 10.8.